The predicted octanol–water partition coefficient (Wildman–Crippen LogP) is 4.68. The Hall–Kier alpha value is -4.18. The maximum absolute atomic E-state index is 12.5. The van der Waals surface area contributed by atoms with Crippen LogP contribution in [-0.4, -0.2) is 34.2 Å². The molecule has 0 saturated carbocycles. The summed E-state index contributed by atoms with van der Waals surface area (Å²) in [6.45, 7) is 3.94. The molecule has 0 radical (unpaired) electrons. The third-order valence-corrected chi connectivity index (χ3v) is 5.13. The molecule has 174 valence electrons. The summed E-state index contributed by atoms with van der Waals surface area (Å²) in [5, 5.41) is 20.6. The van der Waals surface area contributed by atoms with Crippen molar-refractivity contribution in [1.29, 1.82) is 5.41 Å². The number of fused-ring (bicyclic) bond motifs is 1. The number of nitro groups is 1. The summed E-state index contributed by atoms with van der Waals surface area (Å²) < 4.78 is 11.5. The molecule has 2 aromatic rings. The number of nitro benzene ring substituents is 1. The van der Waals surface area contributed by atoms with Gasteiger partial charge in [-0.1, -0.05) is 11.6 Å². The molecule has 2 heterocycles. The van der Waals surface area contributed by atoms with Crippen molar-refractivity contribution in [3.05, 3.63) is 80.1 Å². The van der Waals surface area contributed by atoms with Gasteiger partial charge in [-0.3, -0.25) is 20.3 Å². The number of hydroxylamine groups is 2. The Morgan fingerprint density at radius 3 is 2.68 bits per heavy atom. The zero-order valence-corrected chi connectivity index (χ0v) is 19.0. The Kier molecular flexibility index (Phi) is 6.33. The van der Waals surface area contributed by atoms with Crippen LogP contribution in [0.4, 0.5) is 5.69 Å². The number of nitrogens with one attached hydrogen (secondary N) is 1. The molecule has 1 N–H and O–H groups in total. The lowest BCUT2D eigenvalue weighted by molar-refractivity contribution is -0.384. The summed E-state index contributed by atoms with van der Waals surface area (Å²) in [5.74, 6) is 0.699. The van der Waals surface area contributed by atoms with Crippen molar-refractivity contribution in [2.75, 3.05) is 6.61 Å². The zero-order chi connectivity index (χ0) is 24.4. The number of hydrogen-bond acceptors (Lipinski definition) is 7. The van der Waals surface area contributed by atoms with E-state index in [1.54, 1.807) is 44.2 Å². The van der Waals surface area contributed by atoms with Crippen molar-refractivity contribution in [2.24, 2.45) is 4.99 Å². The number of non-ortho nitro benzene ring substituents is 1. The van der Waals surface area contributed by atoms with Gasteiger partial charge in [-0.05, 0) is 55.3 Å². The van der Waals surface area contributed by atoms with Crippen LogP contribution in [-0.2, 0) is 16.2 Å². The van der Waals surface area contributed by atoms with E-state index in [9.17, 15) is 14.9 Å². The lowest BCUT2D eigenvalue weighted by Crippen LogP contribution is -2.38. The molecule has 1 amide bonds. The SMILES string of the molecule is CCOc1cc(/C=C2/C(=N)N3OC(C)=CC3=NC2=O)cc(Cl)c1OCc1ccc([N+](=O)[O-])cc1. The molecule has 0 aromatic heterocycles. The topological polar surface area (TPSA) is 127 Å². The van der Waals surface area contributed by atoms with Gasteiger partial charge in [0.2, 0.25) is 0 Å². The normalized spacial score (nSPS) is 16.1. The van der Waals surface area contributed by atoms with Crippen LogP contribution in [0.2, 0.25) is 5.02 Å². The number of allylic oxidation sites excluding steroid dienone is 1. The van der Waals surface area contributed by atoms with E-state index in [-0.39, 0.29) is 40.3 Å². The van der Waals surface area contributed by atoms with Crippen LogP contribution in [0.25, 0.3) is 6.08 Å². The first-order valence-electron chi connectivity index (χ1n) is 10.2. The largest absolute Gasteiger partial charge is 0.490 e. The maximum atomic E-state index is 12.5. The number of benzene rings is 2. The Morgan fingerprint density at radius 1 is 1.26 bits per heavy atom. The minimum absolute atomic E-state index is 0.0151. The summed E-state index contributed by atoms with van der Waals surface area (Å²) in [6, 6.07) is 9.20. The Morgan fingerprint density at radius 2 is 2.00 bits per heavy atom. The summed E-state index contributed by atoms with van der Waals surface area (Å²) >= 11 is 6.47. The molecule has 0 spiro atoms. The molecule has 11 heteroatoms. The molecule has 0 unspecified atom stereocenters. The molecule has 2 aliphatic heterocycles. The number of nitrogens with zero attached hydrogens (tertiary/aromatic N) is 3. The smallest absolute Gasteiger partial charge is 0.282 e. The first kappa shape index (κ1) is 23.0. The van der Waals surface area contributed by atoms with Gasteiger partial charge in [-0.15, -0.1) is 5.06 Å². The van der Waals surface area contributed by atoms with Crippen molar-refractivity contribution in [3.8, 4) is 11.5 Å². The number of amides is 1. The van der Waals surface area contributed by atoms with E-state index in [1.807, 2.05) is 0 Å². The van der Waals surface area contributed by atoms with Gasteiger partial charge in [-0.2, -0.15) is 4.99 Å². The van der Waals surface area contributed by atoms with E-state index < -0.39 is 10.8 Å². The molecule has 2 aromatic carbocycles. The van der Waals surface area contributed by atoms with Gasteiger partial charge >= 0.3 is 0 Å². The third kappa shape index (κ3) is 4.62. The van der Waals surface area contributed by atoms with E-state index in [4.69, 9.17) is 31.3 Å². The molecule has 0 saturated heterocycles. The lowest BCUT2D eigenvalue weighted by atomic mass is 10.1. The van der Waals surface area contributed by atoms with Gasteiger partial charge in [0.15, 0.2) is 23.2 Å². The fourth-order valence-electron chi connectivity index (χ4n) is 3.31. The molecular formula is C23H19ClN4O6. The number of carbonyl (C=O) groups excluding carboxylic acids is 1. The minimum atomic E-state index is -0.571. The van der Waals surface area contributed by atoms with Gasteiger partial charge in [0.25, 0.3) is 11.6 Å². The fourth-order valence-corrected chi connectivity index (χ4v) is 3.58. The standard InChI is InChI=1S/C23H19ClN4O6/c1-3-32-19-11-15(9-17-22(25)27-20(26-23(17)29)8-13(2)34-27)10-18(24)21(19)33-12-14-4-6-16(7-5-14)28(30)31/h4-11,25H,3,12H2,1-2H3/b17-9-,25-22?. The molecule has 34 heavy (non-hydrogen) atoms. The number of aliphatic imine (C=N–C) groups is 1. The highest BCUT2D eigenvalue weighted by Gasteiger charge is 2.34. The average molecular weight is 483 g/mol. The van der Waals surface area contributed by atoms with Gasteiger partial charge in [0.05, 0.1) is 22.1 Å². The van der Waals surface area contributed by atoms with Crippen molar-refractivity contribution in [2.45, 2.75) is 20.5 Å². The summed E-state index contributed by atoms with van der Waals surface area (Å²) in [6.07, 6.45) is 3.06. The maximum Gasteiger partial charge on any atom is 0.282 e. The molecule has 0 fully saturated rings. The molecule has 2 aliphatic rings. The number of amidine groups is 2. The lowest BCUT2D eigenvalue weighted by Gasteiger charge is -2.23. The second-order valence-corrected chi connectivity index (χ2v) is 7.70. The first-order chi connectivity index (χ1) is 16.3. The van der Waals surface area contributed by atoms with E-state index in [0.29, 0.717) is 29.2 Å². The highest BCUT2D eigenvalue weighted by molar-refractivity contribution is 6.33. The van der Waals surface area contributed by atoms with Crippen molar-refractivity contribution in [1.82, 2.24) is 5.06 Å². The molecule has 4 rings (SSSR count). The highest BCUT2D eigenvalue weighted by Crippen LogP contribution is 2.38. The van der Waals surface area contributed by atoms with Crippen molar-refractivity contribution >= 4 is 40.9 Å². The summed E-state index contributed by atoms with van der Waals surface area (Å²) in [7, 11) is 0. The van der Waals surface area contributed by atoms with Crippen LogP contribution in [0.15, 0.2) is 58.8 Å². The molecule has 0 bridgehead atoms. The Labute approximate surface area is 199 Å². The summed E-state index contributed by atoms with van der Waals surface area (Å²) in [4.78, 5) is 32.2. The number of carbonyl (C=O) groups is 1. The predicted molar refractivity (Wildman–Crippen MR) is 125 cm³/mol. The van der Waals surface area contributed by atoms with Gasteiger partial charge in [0, 0.05) is 18.2 Å². The molecule has 0 atom stereocenters. The van der Waals surface area contributed by atoms with Crippen LogP contribution in [0.5, 0.6) is 11.5 Å². The first-order valence-corrected chi connectivity index (χ1v) is 10.6. The molecule has 10 nitrogen and oxygen atoms in total. The van der Waals surface area contributed by atoms with Crippen molar-refractivity contribution in [3.63, 3.8) is 0 Å². The minimum Gasteiger partial charge on any atom is -0.490 e. The van der Waals surface area contributed by atoms with Crippen LogP contribution in [0, 0.1) is 15.5 Å². The quantitative estimate of drug-likeness (QED) is 0.345. The molecule has 0 aliphatic carbocycles. The van der Waals surface area contributed by atoms with Crippen LogP contribution in [0.1, 0.15) is 25.0 Å². The van der Waals surface area contributed by atoms with E-state index in [0.717, 1.165) is 0 Å². The summed E-state index contributed by atoms with van der Waals surface area (Å²) in [5.41, 5.74) is 1.23. The Bertz CT molecular complexity index is 1280. The highest BCUT2D eigenvalue weighted by atomic mass is 35.5. The van der Waals surface area contributed by atoms with E-state index in [1.165, 1.54) is 23.3 Å². The van der Waals surface area contributed by atoms with Crippen LogP contribution < -0.4 is 9.47 Å². The van der Waals surface area contributed by atoms with Crippen LogP contribution >= 0.6 is 11.6 Å². The second kappa shape index (κ2) is 9.36. The second-order valence-electron chi connectivity index (χ2n) is 7.30. The number of hydrogen-bond donors (Lipinski definition) is 1. The van der Waals surface area contributed by atoms with Crippen LogP contribution in [0.3, 0.4) is 0 Å². The van der Waals surface area contributed by atoms with E-state index >= 15 is 0 Å². The number of rotatable bonds is 7. The number of halogens is 1. The van der Waals surface area contributed by atoms with Gasteiger partial charge in [-0.25, -0.2) is 0 Å². The monoisotopic (exact) mass is 482 g/mol. The fraction of sp³-hybridized carbons (Fsp3) is 0.174. The average Bonchev–Trinajstić information content (AvgIpc) is 3.16. The third-order valence-electron chi connectivity index (χ3n) is 4.85. The number of ether oxygens (including phenoxy) is 2. The van der Waals surface area contributed by atoms with Gasteiger partial charge < -0.3 is 14.3 Å². The van der Waals surface area contributed by atoms with Crippen molar-refractivity contribution < 1.29 is 24.0 Å². The molecular weight excluding hydrogens is 464 g/mol. The zero-order valence-electron chi connectivity index (χ0n) is 18.2. The van der Waals surface area contributed by atoms with E-state index in [2.05, 4.69) is 4.99 Å². The van der Waals surface area contributed by atoms with Gasteiger partial charge in [0.1, 0.15) is 12.4 Å². The Balaban J connectivity index is 1.59.